The summed E-state index contributed by atoms with van der Waals surface area (Å²) in [6.07, 6.45) is 6.46. The molecular formula is C56H49NO. The Labute approximate surface area is 342 Å². The molecule has 2 heteroatoms. The Balaban J connectivity index is 1.22. The fourth-order valence-corrected chi connectivity index (χ4v) is 9.50. The molecule has 1 aliphatic carbocycles. The van der Waals surface area contributed by atoms with Gasteiger partial charge in [-0.15, -0.1) is 0 Å². The van der Waals surface area contributed by atoms with Gasteiger partial charge in [-0.3, -0.25) is 0 Å². The third-order valence-electron chi connectivity index (χ3n) is 12.5. The summed E-state index contributed by atoms with van der Waals surface area (Å²) in [4.78, 5) is 2.52. The maximum atomic E-state index is 6.46. The first kappa shape index (κ1) is 36.0. The molecule has 9 aromatic rings. The monoisotopic (exact) mass is 751 g/mol. The number of para-hydroxylation sites is 4. The lowest BCUT2D eigenvalue weighted by molar-refractivity contribution is 0.445. The van der Waals surface area contributed by atoms with Crippen LogP contribution in [0.3, 0.4) is 0 Å². The molecule has 0 atom stereocenters. The second kappa shape index (κ2) is 14.8. The number of benzene rings is 8. The molecular weight excluding hydrogens is 703 g/mol. The zero-order valence-electron chi connectivity index (χ0n) is 33.7. The van der Waals surface area contributed by atoms with Gasteiger partial charge >= 0.3 is 0 Å². The Morgan fingerprint density at radius 3 is 1.72 bits per heavy atom. The van der Waals surface area contributed by atoms with Gasteiger partial charge in [0.1, 0.15) is 11.2 Å². The van der Waals surface area contributed by atoms with Crippen LogP contribution in [-0.4, -0.2) is 0 Å². The zero-order chi connectivity index (χ0) is 39.2. The molecule has 8 aromatic carbocycles. The first-order valence-corrected chi connectivity index (χ1v) is 21.0. The lowest BCUT2D eigenvalue weighted by Crippen LogP contribution is -2.14. The molecule has 0 aliphatic heterocycles. The van der Waals surface area contributed by atoms with Crippen LogP contribution >= 0.6 is 0 Å². The first-order valence-electron chi connectivity index (χ1n) is 21.0. The summed E-state index contributed by atoms with van der Waals surface area (Å²) in [6, 6.07) is 64.9. The largest absolute Gasteiger partial charge is 0.456 e. The maximum absolute atomic E-state index is 6.46. The van der Waals surface area contributed by atoms with E-state index in [-0.39, 0.29) is 5.41 Å². The van der Waals surface area contributed by atoms with Crippen molar-refractivity contribution < 1.29 is 4.42 Å². The second-order valence-electron chi connectivity index (χ2n) is 17.1. The third-order valence-corrected chi connectivity index (χ3v) is 12.5. The molecule has 0 radical (unpaired) electrons. The zero-order valence-corrected chi connectivity index (χ0v) is 33.7. The van der Waals surface area contributed by atoms with Crippen molar-refractivity contribution in [2.45, 2.75) is 64.2 Å². The molecule has 0 unspecified atom stereocenters. The molecule has 1 heterocycles. The molecule has 2 nitrogen and oxygen atoms in total. The number of anilines is 3. The number of furan rings is 1. The van der Waals surface area contributed by atoms with E-state index in [1.165, 1.54) is 76.3 Å². The number of nitrogens with zero attached hydrogens (tertiary/aromatic N) is 1. The molecule has 1 fully saturated rings. The smallest absolute Gasteiger partial charge is 0.136 e. The quantitative estimate of drug-likeness (QED) is 0.161. The van der Waals surface area contributed by atoms with Crippen LogP contribution in [0.25, 0.3) is 66.1 Å². The Morgan fingerprint density at radius 2 is 1.02 bits per heavy atom. The minimum atomic E-state index is 0.0673. The van der Waals surface area contributed by atoms with Crippen molar-refractivity contribution >= 4 is 49.8 Å². The van der Waals surface area contributed by atoms with Gasteiger partial charge in [0, 0.05) is 27.5 Å². The fourth-order valence-electron chi connectivity index (χ4n) is 9.50. The van der Waals surface area contributed by atoms with Gasteiger partial charge in [0.05, 0.1) is 17.1 Å². The highest BCUT2D eigenvalue weighted by atomic mass is 16.3. The predicted molar refractivity (Wildman–Crippen MR) is 247 cm³/mol. The normalized spacial score (nSPS) is 13.7. The van der Waals surface area contributed by atoms with Gasteiger partial charge in [-0.1, -0.05) is 180 Å². The van der Waals surface area contributed by atoms with Gasteiger partial charge in [-0.2, -0.15) is 0 Å². The highest BCUT2D eigenvalue weighted by molar-refractivity contribution is 6.08. The second-order valence-corrected chi connectivity index (χ2v) is 17.1. The van der Waals surface area contributed by atoms with Gasteiger partial charge in [0.2, 0.25) is 0 Å². The highest BCUT2D eigenvalue weighted by Crippen LogP contribution is 2.50. The standard InChI is InChI=1S/C56H49NO/c1-56(2,3)42-34-31-39(32-35-42)43-21-7-11-27-50(43)57(51-28-12-8-22-44(51)41-33-36-48-47-24-10-14-30-53(47)58-54(48)37-41)52-29-13-9-23-46(52)49-26-16-20-40-19-15-25-45(55(40)49)38-17-5-4-6-18-38/h7-16,19-38H,4-6,17-18H2,1-3H3. The van der Waals surface area contributed by atoms with Crippen molar-refractivity contribution in [3.8, 4) is 33.4 Å². The average molecular weight is 752 g/mol. The van der Waals surface area contributed by atoms with Gasteiger partial charge in [0.25, 0.3) is 0 Å². The molecule has 0 N–H and O–H groups in total. The van der Waals surface area contributed by atoms with Crippen LogP contribution in [0, 0.1) is 0 Å². The Morgan fingerprint density at radius 1 is 0.466 bits per heavy atom. The van der Waals surface area contributed by atoms with E-state index < -0.39 is 0 Å². The molecule has 1 saturated carbocycles. The summed E-state index contributed by atoms with van der Waals surface area (Å²) < 4.78 is 6.46. The topological polar surface area (TPSA) is 16.4 Å². The Bertz CT molecular complexity index is 2910. The van der Waals surface area contributed by atoms with E-state index in [9.17, 15) is 0 Å². The molecule has 58 heavy (non-hydrogen) atoms. The van der Waals surface area contributed by atoms with Crippen LogP contribution in [0.5, 0.6) is 0 Å². The van der Waals surface area contributed by atoms with Gasteiger partial charge in [-0.05, 0) is 99.2 Å². The van der Waals surface area contributed by atoms with Gasteiger partial charge in [-0.25, -0.2) is 0 Å². The van der Waals surface area contributed by atoms with Crippen LogP contribution in [0.2, 0.25) is 0 Å². The van der Waals surface area contributed by atoms with E-state index in [4.69, 9.17) is 4.42 Å². The number of rotatable bonds is 7. The highest BCUT2D eigenvalue weighted by Gasteiger charge is 2.26. The molecule has 284 valence electrons. The van der Waals surface area contributed by atoms with Crippen LogP contribution in [-0.2, 0) is 5.41 Å². The molecule has 10 rings (SSSR count). The lowest BCUT2D eigenvalue weighted by atomic mass is 9.80. The van der Waals surface area contributed by atoms with Crippen molar-refractivity contribution in [2.24, 2.45) is 0 Å². The predicted octanol–water partition coefficient (Wildman–Crippen LogP) is 16.6. The van der Waals surface area contributed by atoms with E-state index >= 15 is 0 Å². The van der Waals surface area contributed by atoms with Crippen LogP contribution in [0.15, 0.2) is 180 Å². The van der Waals surface area contributed by atoms with E-state index in [1.54, 1.807) is 0 Å². The van der Waals surface area contributed by atoms with Gasteiger partial charge < -0.3 is 9.32 Å². The number of hydrogen-bond donors (Lipinski definition) is 0. The SMILES string of the molecule is CC(C)(C)c1ccc(-c2ccccc2N(c2ccccc2-c2ccc3c(c2)oc2ccccc23)c2ccccc2-c2cccc3cccc(C4CCCCC4)c23)cc1. The first-order chi connectivity index (χ1) is 28.4. The summed E-state index contributed by atoms with van der Waals surface area (Å²) in [5.74, 6) is 0.576. The fraction of sp³-hybridized carbons (Fsp3) is 0.179. The van der Waals surface area contributed by atoms with E-state index in [0.29, 0.717) is 5.92 Å². The number of fused-ring (bicyclic) bond motifs is 4. The Kier molecular flexibility index (Phi) is 9.21. The average Bonchev–Trinajstić information content (AvgIpc) is 3.65. The van der Waals surface area contributed by atoms with Gasteiger partial charge in [0.15, 0.2) is 0 Å². The van der Waals surface area contributed by atoms with Crippen molar-refractivity contribution in [3.05, 3.63) is 187 Å². The molecule has 0 amide bonds. The van der Waals surface area contributed by atoms with E-state index in [1.807, 2.05) is 6.07 Å². The van der Waals surface area contributed by atoms with Crippen molar-refractivity contribution in [2.75, 3.05) is 4.90 Å². The minimum Gasteiger partial charge on any atom is -0.456 e. The molecule has 1 aliphatic rings. The summed E-state index contributed by atoms with van der Waals surface area (Å²) in [5, 5.41) is 4.97. The van der Waals surface area contributed by atoms with Crippen molar-refractivity contribution in [1.29, 1.82) is 0 Å². The molecule has 1 aromatic heterocycles. The van der Waals surface area contributed by atoms with E-state index in [0.717, 1.165) is 50.1 Å². The lowest BCUT2D eigenvalue weighted by Gasteiger charge is -2.32. The molecule has 0 bridgehead atoms. The molecule has 0 spiro atoms. The van der Waals surface area contributed by atoms with Crippen molar-refractivity contribution in [1.82, 2.24) is 0 Å². The van der Waals surface area contributed by atoms with Crippen LogP contribution in [0.4, 0.5) is 17.1 Å². The van der Waals surface area contributed by atoms with Crippen molar-refractivity contribution in [3.63, 3.8) is 0 Å². The maximum Gasteiger partial charge on any atom is 0.136 e. The van der Waals surface area contributed by atoms with E-state index in [2.05, 4.69) is 196 Å². The summed E-state index contributed by atoms with van der Waals surface area (Å²) in [6.45, 7) is 6.84. The molecule has 0 saturated heterocycles. The summed E-state index contributed by atoms with van der Waals surface area (Å²) in [7, 11) is 0. The third kappa shape index (κ3) is 6.47. The summed E-state index contributed by atoms with van der Waals surface area (Å²) >= 11 is 0. The Hall–Kier alpha value is -6.38. The minimum absolute atomic E-state index is 0.0673. The van der Waals surface area contributed by atoms with Crippen LogP contribution < -0.4 is 4.90 Å². The number of hydrogen-bond acceptors (Lipinski definition) is 2. The summed E-state index contributed by atoms with van der Waals surface area (Å²) in [5.41, 5.74) is 15.2. The van der Waals surface area contributed by atoms with Crippen LogP contribution in [0.1, 0.15) is 69.9 Å².